The number of hydrogen-bond donors (Lipinski definition) is 2. The molecule has 0 fully saturated rings. The number of nitrogens with two attached hydrogens (primary N) is 1. The third kappa shape index (κ3) is 5.15. The Hall–Kier alpha value is -3.99. The van der Waals surface area contributed by atoms with Gasteiger partial charge in [0.25, 0.3) is 5.89 Å². The first kappa shape index (κ1) is 25.1. The van der Waals surface area contributed by atoms with Crippen molar-refractivity contribution in [2.45, 2.75) is 31.3 Å². The molecule has 0 aliphatic rings. The van der Waals surface area contributed by atoms with Gasteiger partial charge in [0.2, 0.25) is 11.7 Å². The molecule has 1 amide bonds. The van der Waals surface area contributed by atoms with Gasteiger partial charge in [-0.05, 0) is 48.1 Å². The van der Waals surface area contributed by atoms with E-state index in [0.717, 1.165) is 0 Å². The molecule has 0 unspecified atom stereocenters. The number of amides is 1. The van der Waals surface area contributed by atoms with Crippen LogP contribution >= 0.6 is 11.8 Å². The van der Waals surface area contributed by atoms with Crippen LogP contribution in [0, 0.1) is 0 Å². The summed E-state index contributed by atoms with van der Waals surface area (Å²) in [6, 6.07) is 13.1. The number of aromatic nitrogens is 4. The van der Waals surface area contributed by atoms with Gasteiger partial charge >= 0.3 is 0 Å². The van der Waals surface area contributed by atoms with Crippen LogP contribution < -0.4 is 20.5 Å². The fourth-order valence-electron chi connectivity index (χ4n) is 3.62. The zero-order chi connectivity index (χ0) is 25.8. The number of nitrogen functional groups attached to an aromatic ring is 1. The lowest BCUT2D eigenvalue weighted by atomic mass is 10.0. The average Bonchev–Trinajstić information content (AvgIpc) is 3.48. The Morgan fingerprint density at radius 3 is 2.50 bits per heavy atom. The van der Waals surface area contributed by atoms with Crippen LogP contribution in [-0.2, 0) is 11.3 Å². The highest BCUT2D eigenvalue weighted by Gasteiger charge is 2.24. The lowest BCUT2D eigenvalue weighted by molar-refractivity contribution is -0.116. The largest absolute Gasteiger partial charge is 0.493 e. The molecule has 0 radical (unpaired) electrons. The number of hydrogen-bond acceptors (Lipinski definition) is 9. The molecule has 0 atom stereocenters. The summed E-state index contributed by atoms with van der Waals surface area (Å²) in [4.78, 5) is 17.2. The molecule has 2 aromatic heterocycles. The second kappa shape index (κ2) is 10.7. The van der Waals surface area contributed by atoms with Crippen molar-refractivity contribution < 1.29 is 18.8 Å². The van der Waals surface area contributed by atoms with Crippen molar-refractivity contribution >= 4 is 29.2 Å². The van der Waals surface area contributed by atoms with Gasteiger partial charge in [-0.15, -0.1) is 11.8 Å². The van der Waals surface area contributed by atoms with Gasteiger partial charge in [-0.3, -0.25) is 4.79 Å². The Morgan fingerprint density at radius 2 is 1.86 bits per heavy atom. The molecule has 10 nitrogen and oxygen atoms in total. The fraction of sp³-hybridized carbons (Fsp3) is 0.280. The van der Waals surface area contributed by atoms with Crippen molar-refractivity contribution in [3.63, 3.8) is 0 Å². The van der Waals surface area contributed by atoms with Crippen LogP contribution in [0.5, 0.6) is 11.5 Å². The van der Waals surface area contributed by atoms with E-state index in [2.05, 4.69) is 34.4 Å². The topological polar surface area (TPSA) is 130 Å². The normalized spacial score (nSPS) is 11.1. The molecule has 4 rings (SSSR count). The molecular formula is C25H28N6O4S. The first-order chi connectivity index (χ1) is 17.3. The molecule has 2 aromatic carbocycles. The minimum atomic E-state index is -0.253. The quantitative estimate of drug-likeness (QED) is 0.309. The number of thioether (sulfide) groups is 1. The lowest BCUT2D eigenvalue weighted by Crippen LogP contribution is -2.20. The summed E-state index contributed by atoms with van der Waals surface area (Å²) < 4.78 is 17.6. The van der Waals surface area contributed by atoms with E-state index in [-0.39, 0.29) is 24.2 Å². The number of rotatable bonds is 9. The average molecular weight is 509 g/mol. The summed E-state index contributed by atoms with van der Waals surface area (Å²) in [5, 5.41) is 12.0. The van der Waals surface area contributed by atoms with E-state index >= 15 is 0 Å². The minimum Gasteiger partial charge on any atom is -0.493 e. The van der Waals surface area contributed by atoms with Gasteiger partial charge in [0, 0.05) is 11.3 Å². The van der Waals surface area contributed by atoms with Crippen molar-refractivity contribution in [1.29, 1.82) is 0 Å². The minimum absolute atomic E-state index is 0.0675. The summed E-state index contributed by atoms with van der Waals surface area (Å²) in [6.45, 7) is 4.17. The molecule has 0 saturated carbocycles. The first-order valence-electron chi connectivity index (χ1n) is 11.2. The molecule has 3 N–H and O–H groups in total. The number of carbonyl (C=O) groups is 1. The maximum Gasteiger partial charge on any atom is 0.264 e. The van der Waals surface area contributed by atoms with E-state index in [1.807, 2.05) is 30.5 Å². The van der Waals surface area contributed by atoms with Crippen LogP contribution in [-0.4, -0.2) is 46.3 Å². The van der Waals surface area contributed by atoms with Crippen molar-refractivity contribution in [2.75, 3.05) is 31.5 Å². The Morgan fingerprint density at radius 1 is 1.14 bits per heavy atom. The van der Waals surface area contributed by atoms with Crippen LogP contribution in [0.15, 0.2) is 52.0 Å². The number of anilines is 2. The summed E-state index contributed by atoms with van der Waals surface area (Å²) in [5.74, 6) is 2.12. The van der Waals surface area contributed by atoms with Crippen LogP contribution in [0.3, 0.4) is 0 Å². The van der Waals surface area contributed by atoms with Crippen molar-refractivity contribution in [2.24, 2.45) is 0 Å². The van der Waals surface area contributed by atoms with Gasteiger partial charge in [-0.1, -0.05) is 31.1 Å². The second-order valence-corrected chi connectivity index (χ2v) is 9.04. The zero-order valence-electron chi connectivity index (χ0n) is 20.7. The molecule has 2 heterocycles. The lowest BCUT2D eigenvalue weighted by Gasteiger charge is -2.09. The molecule has 0 bridgehead atoms. The zero-order valence-corrected chi connectivity index (χ0v) is 21.5. The number of methoxy groups -OCH3 is 2. The SMILES string of the molecule is COc1ccc(-c2noc(-c3c(SC)nn(CC(=O)Nc4ccc(C(C)C)cc4)c3N)n2)cc1OC. The Balaban J connectivity index is 1.55. The maximum absolute atomic E-state index is 12.7. The number of carbonyl (C=O) groups excluding carboxylic acids is 1. The van der Waals surface area contributed by atoms with E-state index < -0.39 is 0 Å². The van der Waals surface area contributed by atoms with Crippen LogP contribution in [0.2, 0.25) is 0 Å². The highest BCUT2D eigenvalue weighted by Crippen LogP contribution is 2.36. The van der Waals surface area contributed by atoms with Gasteiger partial charge in [-0.25, -0.2) is 4.68 Å². The molecule has 0 aliphatic carbocycles. The highest BCUT2D eigenvalue weighted by molar-refractivity contribution is 7.98. The van der Waals surface area contributed by atoms with Gasteiger partial charge < -0.3 is 25.0 Å². The molecule has 188 valence electrons. The van der Waals surface area contributed by atoms with E-state index in [0.29, 0.717) is 45.1 Å². The second-order valence-electron chi connectivity index (χ2n) is 8.24. The molecule has 0 spiro atoms. The van der Waals surface area contributed by atoms with Crippen LogP contribution in [0.4, 0.5) is 11.5 Å². The monoisotopic (exact) mass is 508 g/mol. The Bertz CT molecular complexity index is 1360. The molecule has 4 aromatic rings. The molecule has 0 saturated heterocycles. The smallest absolute Gasteiger partial charge is 0.264 e. The van der Waals surface area contributed by atoms with Gasteiger partial charge in [0.05, 0.1) is 14.2 Å². The van der Waals surface area contributed by atoms with Gasteiger partial charge in [-0.2, -0.15) is 10.1 Å². The van der Waals surface area contributed by atoms with Gasteiger partial charge in [0.15, 0.2) is 11.5 Å². The molecule has 36 heavy (non-hydrogen) atoms. The van der Waals surface area contributed by atoms with E-state index in [1.54, 1.807) is 32.4 Å². The van der Waals surface area contributed by atoms with E-state index in [1.165, 1.54) is 22.0 Å². The standard InChI is InChI=1S/C25H28N6O4S/c1-14(2)15-6-9-17(10-7-15)27-20(32)13-31-22(26)21(25(29-31)36-5)24-28-23(30-35-24)16-8-11-18(33-3)19(12-16)34-4/h6-12,14H,13,26H2,1-5H3,(H,27,32). The fourth-order valence-corrected chi connectivity index (χ4v) is 4.20. The predicted molar refractivity (Wildman–Crippen MR) is 139 cm³/mol. The van der Waals surface area contributed by atoms with Gasteiger partial charge in [0.1, 0.15) is 23.0 Å². The first-order valence-corrected chi connectivity index (χ1v) is 12.4. The third-order valence-corrected chi connectivity index (χ3v) is 6.26. The summed E-state index contributed by atoms with van der Waals surface area (Å²) in [6.07, 6.45) is 1.86. The summed E-state index contributed by atoms with van der Waals surface area (Å²) >= 11 is 1.37. The summed E-state index contributed by atoms with van der Waals surface area (Å²) in [5.41, 5.74) is 9.45. The number of nitrogens with one attached hydrogen (secondary N) is 1. The third-order valence-electron chi connectivity index (χ3n) is 5.59. The van der Waals surface area contributed by atoms with E-state index in [4.69, 9.17) is 19.7 Å². The van der Waals surface area contributed by atoms with Crippen molar-refractivity contribution in [3.05, 3.63) is 48.0 Å². The number of nitrogens with zero attached hydrogens (tertiary/aromatic N) is 4. The number of benzene rings is 2. The van der Waals surface area contributed by atoms with E-state index in [9.17, 15) is 4.79 Å². The van der Waals surface area contributed by atoms with Crippen molar-refractivity contribution in [3.8, 4) is 34.3 Å². The molecule has 0 aliphatic heterocycles. The number of ether oxygens (including phenoxy) is 2. The van der Waals surface area contributed by atoms with Crippen LogP contribution in [0.1, 0.15) is 25.3 Å². The maximum atomic E-state index is 12.7. The summed E-state index contributed by atoms with van der Waals surface area (Å²) in [7, 11) is 3.12. The van der Waals surface area contributed by atoms with Crippen molar-refractivity contribution in [1.82, 2.24) is 19.9 Å². The Kier molecular flexibility index (Phi) is 7.49. The molecular weight excluding hydrogens is 480 g/mol. The predicted octanol–water partition coefficient (Wildman–Crippen LogP) is 4.68. The molecule has 11 heteroatoms. The highest BCUT2D eigenvalue weighted by atomic mass is 32.2. The Labute approximate surface area is 213 Å². The van der Waals surface area contributed by atoms with Crippen LogP contribution in [0.25, 0.3) is 22.8 Å².